The molecular formula is C39H53FN8O5Si. The van der Waals surface area contributed by atoms with Gasteiger partial charge in [0.05, 0.1) is 35.9 Å². The van der Waals surface area contributed by atoms with E-state index < -0.39 is 31.6 Å². The van der Waals surface area contributed by atoms with Crippen molar-refractivity contribution in [1.29, 1.82) is 0 Å². The van der Waals surface area contributed by atoms with Crippen LogP contribution in [0.25, 0.3) is 0 Å². The molecule has 290 valence electrons. The average Bonchev–Trinajstić information content (AvgIpc) is 3.81. The molecule has 3 fully saturated rings. The Bertz CT molecular complexity index is 1820. The predicted octanol–water partition coefficient (Wildman–Crippen LogP) is 4.10. The van der Waals surface area contributed by atoms with Gasteiger partial charge in [0.2, 0.25) is 20.2 Å². The molecule has 5 heterocycles. The number of nitrogens with one attached hydrogen (secondary N) is 4. The van der Waals surface area contributed by atoms with Gasteiger partial charge in [0.1, 0.15) is 0 Å². The molecule has 2 unspecified atom stereocenters. The van der Waals surface area contributed by atoms with Crippen molar-refractivity contribution in [3.63, 3.8) is 0 Å². The van der Waals surface area contributed by atoms with Gasteiger partial charge in [-0.15, -0.1) is 5.10 Å². The Hall–Kier alpha value is -4.02. The Morgan fingerprint density at radius 2 is 1.67 bits per heavy atom. The molecule has 2 aromatic carbocycles. The van der Waals surface area contributed by atoms with Crippen LogP contribution in [0.3, 0.4) is 0 Å². The summed E-state index contributed by atoms with van der Waals surface area (Å²) in [6, 6.07) is 13.1. The van der Waals surface area contributed by atoms with Crippen molar-refractivity contribution in [2.75, 3.05) is 48.3 Å². The molecule has 54 heavy (non-hydrogen) atoms. The van der Waals surface area contributed by atoms with Crippen molar-refractivity contribution < 1.29 is 28.3 Å². The lowest BCUT2D eigenvalue weighted by atomic mass is 9.82. The predicted molar refractivity (Wildman–Crippen MR) is 206 cm³/mol. The number of hydrogen-bond donors (Lipinski definition) is 5. The summed E-state index contributed by atoms with van der Waals surface area (Å²) >= 11 is 0. The summed E-state index contributed by atoms with van der Waals surface area (Å²) in [5.41, 5.74) is 2.08. The number of halogens is 1. The summed E-state index contributed by atoms with van der Waals surface area (Å²) in [7, 11) is -3.42. The van der Waals surface area contributed by atoms with Crippen LogP contribution in [0.4, 0.5) is 21.2 Å². The number of carbonyl (C=O) groups excluding carboxylic acids is 3. The van der Waals surface area contributed by atoms with Gasteiger partial charge in [-0.05, 0) is 94.2 Å². The first-order valence-corrected chi connectivity index (χ1v) is 22.4. The van der Waals surface area contributed by atoms with E-state index in [-0.39, 0.29) is 42.7 Å². The number of piperidine rings is 2. The van der Waals surface area contributed by atoms with E-state index in [1.165, 1.54) is 0 Å². The van der Waals surface area contributed by atoms with Gasteiger partial charge in [0.15, 0.2) is 5.60 Å². The number of aromatic nitrogens is 3. The van der Waals surface area contributed by atoms with Crippen LogP contribution < -0.4 is 26.2 Å². The molecule has 3 aromatic rings. The van der Waals surface area contributed by atoms with E-state index >= 15 is 8.90 Å². The lowest BCUT2D eigenvalue weighted by molar-refractivity contribution is -0.146. The second kappa shape index (κ2) is 16.0. The summed E-state index contributed by atoms with van der Waals surface area (Å²) in [4.78, 5) is 42.9. The molecule has 0 saturated carbocycles. The van der Waals surface area contributed by atoms with E-state index in [2.05, 4.69) is 31.6 Å². The third kappa shape index (κ3) is 7.74. The molecule has 15 heteroatoms. The molecule has 0 bridgehead atoms. The lowest BCUT2D eigenvalue weighted by Crippen LogP contribution is -2.45. The van der Waals surface area contributed by atoms with E-state index in [0.717, 1.165) is 44.3 Å². The molecular weight excluding hydrogens is 708 g/mol. The summed E-state index contributed by atoms with van der Waals surface area (Å²) in [5.74, 6) is -1.08. The minimum atomic E-state index is -3.42. The molecule has 6 atom stereocenters. The average molecular weight is 761 g/mol. The second-order valence-electron chi connectivity index (χ2n) is 15.9. The molecule has 1 spiro atoms. The summed E-state index contributed by atoms with van der Waals surface area (Å²) in [6.07, 6.45) is 5.55. The smallest absolute Gasteiger partial charge is 0.264 e. The SMILES string of the molecule is C[C@H]1[C@H]([Si](C)(C)F)[C@@H](CCn2cc(CCO)nn2)O[C@]12C(=O)N(Cc1ccc(NC(=O)C3CCCNC3)cc1)c1ccc(NC(=O)C3CCCNC3)cc12. The van der Waals surface area contributed by atoms with E-state index in [9.17, 15) is 14.7 Å². The Morgan fingerprint density at radius 1 is 1.02 bits per heavy atom. The molecule has 0 radical (unpaired) electrons. The first kappa shape index (κ1) is 38.3. The maximum absolute atomic E-state index is 16.5. The number of amides is 3. The summed E-state index contributed by atoms with van der Waals surface area (Å²) < 4.78 is 25.1. The van der Waals surface area contributed by atoms with Crippen LogP contribution in [0.5, 0.6) is 0 Å². The number of ether oxygens (including phenoxy) is 1. The zero-order chi connectivity index (χ0) is 38.0. The molecule has 3 saturated heterocycles. The minimum Gasteiger partial charge on any atom is -0.396 e. The van der Waals surface area contributed by atoms with Gasteiger partial charge in [0.25, 0.3) is 5.91 Å². The fourth-order valence-electron chi connectivity index (χ4n) is 9.00. The number of hydrogen-bond acceptors (Lipinski definition) is 9. The Morgan fingerprint density at radius 3 is 2.28 bits per heavy atom. The van der Waals surface area contributed by atoms with Crippen LogP contribution in [0.1, 0.15) is 55.8 Å². The first-order chi connectivity index (χ1) is 26.0. The van der Waals surface area contributed by atoms with Crippen LogP contribution >= 0.6 is 0 Å². The zero-order valence-corrected chi connectivity index (χ0v) is 32.4. The molecule has 4 aliphatic heterocycles. The first-order valence-electron chi connectivity index (χ1n) is 19.4. The number of aliphatic hydroxyl groups is 1. The number of benzene rings is 2. The topological polar surface area (TPSA) is 163 Å². The highest BCUT2D eigenvalue weighted by Crippen LogP contribution is 2.60. The number of fused-ring (bicyclic) bond motifs is 2. The van der Waals surface area contributed by atoms with Crippen molar-refractivity contribution >= 4 is 43.2 Å². The number of aryl methyl sites for hydroxylation is 1. The zero-order valence-electron chi connectivity index (χ0n) is 31.4. The van der Waals surface area contributed by atoms with Gasteiger partial charge < -0.3 is 40.1 Å². The quantitative estimate of drug-likeness (QED) is 0.135. The molecule has 13 nitrogen and oxygen atoms in total. The standard InChI is InChI=1S/C39H53FN8O5Si/c1-25-35(54(2,3)40)34(14-18-47-24-31(15-19-49)45-46-47)53-39(25)32-20-30(44-37(51)28-7-5-17-42-22-28)12-13-33(32)48(38(39)52)23-26-8-10-29(11-9-26)43-36(50)27-6-4-16-41-21-27/h8-13,20,24-25,27-28,34-35,41-42,49H,4-7,14-19,21-23H2,1-3H3,(H,43,50)(H,44,51)/t25-,27?,28?,34+,35-,39+/m0/s1. The van der Waals surface area contributed by atoms with Crippen LogP contribution in [0.2, 0.25) is 18.6 Å². The van der Waals surface area contributed by atoms with Gasteiger partial charge in [-0.25, -0.2) is 0 Å². The van der Waals surface area contributed by atoms with Gasteiger partial charge in [0, 0.05) is 67.3 Å². The van der Waals surface area contributed by atoms with E-state index in [1.807, 2.05) is 49.4 Å². The van der Waals surface area contributed by atoms with Gasteiger partial charge in [-0.3, -0.25) is 19.1 Å². The second-order valence-corrected chi connectivity index (χ2v) is 19.7. The fraction of sp³-hybridized carbons (Fsp3) is 0.564. The summed E-state index contributed by atoms with van der Waals surface area (Å²) in [6.45, 7) is 8.99. The summed E-state index contributed by atoms with van der Waals surface area (Å²) in [5, 5.41) is 30.4. The number of aliphatic hydroxyl groups excluding tert-OH is 1. The minimum absolute atomic E-state index is 0.00609. The lowest BCUT2D eigenvalue weighted by Gasteiger charge is -2.31. The Balaban J connectivity index is 1.18. The van der Waals surface area contributed by atoms with Gasteiger partial charge in [-0.2, -0.15) is 0 Å². The molecule has 4 aliphatic rings. The number of rotatable bonds is 12. The van der Waals surface area contributed by atoms with Crippen LogP contribution in [0.15, 0.2) is 48.7 Å². The molecule has 5 N–H and O–H groups in total. The highest BCUT2D eigenvalue weighted by atomic mass is 28.4. The fourth-order valence-corrected chi connectivity index (χ4v) is 11.5. The Kier molecular flexibility index (Phi) is 11.3. The van der Waals surface area contributed by atoms with Crippen molar-refractivity contribution in [3.05, 3.63) is 65.5 Å². The molecule has 7 rings (SSSR count). The monoisotopic (exact) mass is 760 g/mol. The largest absolute Gasteiger partial charge is 0.396 e. The van der Waals surface area contributed by atoms with Gasteiger partial charge in [-0.1, -0.05) is 24.3 Å². The van der Waals surface area contributed by atoms with Crippen molar-refractivity contribution in [2.24, 2.45) is 17.8 Å². The van der Waals surface area contributed by atoms with Gasteiger partial charge >= 0.3 is 0 Å². The van der Waals surface area contributed by atoms with Crippen molar-refractivity contribution in [1.82, 2.24) is 25.6 Å². The molecule has 0 aliphatic carbocycles. The van der Waals surface area contributed by atoms with E-state index in [4.69, 9.17) is 4.74 Å². The third-order valence-electron chi connectivity index (χ3n) is 11.7. The number of carbonyl (C=O) groups is 3. The van der Waals surface area contributed by atoms with Crippen LogP contribution in [0, 0.1) is 17.8 Å². The maximum atomic E-state index is 16.5. The highest BCUT2D eigenvalue weighted by Gasteiger charge is 2.66. The van der Waals surface area contributed by atoms with Crippen molar-refractivity contribution in [2.45, 2.75) is 88.9 Å². The molecule has 1 aromatic heterocycles. The number of nitrogens with zero attached hydrogens (tertiary/aromatic N) is 4. The van der Waals surface area contributed by atoms with E-state index in [1.54, 1.807) is 28.9 Å². The Labute approximate surface area is 317 Å². The van der Waals surface area contributed by atoms with E-state index in [0.29, 0.717) is 60.8 Å². The normalized spacial score (nSPS) is 26.9. The third-order valence-corrected chi connectivity index (χ3v) is 14.2. The highest BCUT2D eigenvalue weighted by molar-refractivity contribution is 6.72. The van der Waals surface area contributed by atoms with Crippen molar-refractivity contribution in [3.8, 4) is 0 Å². The number of anilines is 3. The van der Waals surface area contributed by atoms with Crippen LogP contribution in [-0.2, 0) is 44.2 Å². The van der Waals surface area contributed by atoms with Crippen LogP contribution in [-0.4, -0.2) is 85.1 Å². The molecule has 3 amide bonds. The maximum Gasteiger partial charge on any atom is 0.264 e.